The molecule has 0 unspecified atom stereocenters. The van der Waals surface area contributed by atoms with Gasteiger partial charge in [-0.1, -0.05) is 6.07 Å². The molecule has 19 heavy (non-hydrogen) atoms. The highest BCUT2D eigenvalue weighted by molar-refractivity contribution is 5.48. The maximum atomic E-state index is 14.0. The number of rotatable bonds is 5. The fraction of sp³-hybridized carbons (Fsp3) is 0.333. The van der Waals surface area contributed by atoms with Crippen LogP contribution >= 0.6 is 0 Å². The van der Waals surface area contributed by atoms with E-state index in [-0.39, 0.29) is 5.82 Å². The molecule has 0 atom stereocenters. The first-order valence-corrected chi connectivity index (χ1v) is 6.35. The number of nitrogens with two attached hydrogens (primary N) is 1. The van der Waals surface area contributed by atoms with Gasteiger partial charge in [-0.05, 0) is 49.7 Å². The van der Waals surface area contributed by atoms with Gasteiger partial charge in [0.05, 0.1) is 12.2 Å². The van der Waals surface area contributed by atoms with Gasteiger partial charge in [-0.3, -0.25) is 0 Å². The predicted octanol–water partition coefficient (Wildman–Crippen LogP) is 2.86. The predicted molar refractivity (Wildman–Crippen MR) is 74.7 cm³/mol. The third-order valence-electron chi connectivity index (χ3n) is 3.05. The lowest BCUT2D eigenvalue weighted by atomic mass is 10.1. The molecule has 2 N–H and O–H groups in total. The van der Waals surface area contributed by atoms with Crippen LogP contribution in [0.3, 0.4) is 0 Å². The zero-order chi connectivity index (χ0) is 13.8. The summed E-state index contributed by atoms with van der Waals surface area (Å²) in [6.45, 7) is 2.97. The fourth-order valence-electron chi connectivity index (χ4n) is 2.07. The van der Waals surface area contributed by atoms with Gasteiger partial charge in [0.15, 0.2) is 0 Å². The zero-order valence-corrected chi connectivity index (χ0v) is 11.3. The lowest BCUT2D eigenvalue weighted by molar-refractivity contribution is 0.480. The number of nitrogens with zero attached hydrogens (tertiary/aromatic N) is 1. The van der Waals surface area contributed by atoms with Crippen LogP contribution in [0, 0.1) is 12.7 Å². The summed E-state index contributed by atoms with van der Waals surface area (Å²) in [4.78, 5) is 1.83. The second-order valence-electron chi connectivity index (χ2n) is 4.69. The van der Waals surface area contributed by atoms with Gasteiger partial charge in [-0.2, -0.15) is 0 Å². The average Bonchev–Trinajstić information content (AvgIpc) is 2.75. The first kappa shape index (κ1) is 13.6. The molecule has 0 fully saturated rings. The Labute approximate surface area is 112 Å². The molecule has 0 saturated carbocycles. The molecule has 0 radical (unpaired) electrons. The smallest absolute Gasteiger partial charge is 0.146 e. The summed E-state index contributed by atoms with van der Waals surface area (Å²) in [5.74, 6) is 1.46. The van der Waals surface area contributed by atoms with Crippen LogP contribution in [-0.2, 0) is 13.0 Å². The van der Waals surface area contributed by atoms with Crippen LogP contribution < -0.4 is 10.6 Å². The van der Waals surface area contributed by atoms with E-state index >= 15 is 0 Å². The first-order valence-electron chi connectivity index (χ1n) is 6.35. The van der Waals surface area contributed by atoms with E-state index in [9.17, 15) is 4.39 Å². The number of furan rings is 1. The van der Waals surface area contributed by atoms with E-state index in [4.69, 9.17) is 10.2 Å². The van der Waals surface area contributed by atoms with Crippen LogP contribution in [-0.4, -0.2) is 13.6 Å². The molecule has 1 aromatic heterocycles. The van der Waals surface area contributed by atoms with Crippen LogP contribution in [0.1, 0.15) is 17.1 Å². The summed E-state index contributed by atoms with van der Waals surface area (Å²) >= 11 is 0. The number of hydrogen-bond donors (Lipinski definition) is 1. The molecule has 0 spiro atoms. The van der Waals surface area contributed by atoms with Crippen molar-refractivity contribution in [2.24, 2.45) is 5.73 Å². The Morgan fingerprint density at radius 2 is 2.05 bits per heavy atom. The quantitative estimate of drug-likeness (QED) is 0.901. The Hall–Kier alpha value is -1.81. The molecular weight excluding hydrogens is 243 g/mol. The van der Waals surface area contributed by atoms with Gasteiger partial charge in [-0.15, -0.1) is 0 Å². The van der Waals surface area contributed by atoms with Gasteiger partial charge in [0.2, 0.25) is 0 Å². The van der Waals surface area contributed by atoms with Crippen LogP contribution in [0.15, 0.2) is 34.7 Å². The van der Waals surface area contributed by atoms with Crippen molar-refractivity contribution in [3.63, 3.8) is 0 Å². The van der Waals surface area contributed by atoms with E-state index in [1.54, 1.807) is 12.1 Å². The molecule has 0 bridgehead atoms. The summed E-state index contributed by atoms with van der Waals surface area (Å²) in [6.07, 6.45) is 0.693. The Morgan fingerprint density at radius 3 is 2.63 bits per heavy atom. The zero-order valence-electron chi connectivity index (χ0n) is 11.3. The highest BCUT2D eigenvalue weighted by Crippen LogP contribution is 2.22. The molecule has 0 saturated heterocycles. The Bertz CT molecular complexity index is 551. The average molecular weight is 262 g/mol. The number of halogens is 1. The maximum absolute atomic E-state index is 14.0. The second-order valence-corrected chi connectivity index (χ2v) is 4.69. The monoisotopic (exact) mass is 262 g/mol. The van der Waals surface area contributed by atoms with Gasteiger partial charge < -0.3 is 15.1 Å². The van der Waals surface area contributed by atoms with Crippen LogP contribution in [0.4, 0.5) is 10.1 Å². The van der Waals surface area contributed by atoms with Crippen molar-refractivity contribution in [1.29, 1.82) is 0 Å². The van der Waals surface area contributed by atoms with E-state index < -0.39 is 0 Å². The number of hydrogen-bond acceptors (Lipinski definition) is 3. The van der Waals surface area contributed by atoms with E-state index in [1.807, 2.05) is 37.1 Å². The molecule has 2 aromatic rings. The molecule has 4 heteroatoms. The van der Waals surface area contributed by atoms with Crippen LogP contribution in [0.25, 0.3) is 0 Å². The lowest BCUT2D eigenvalue weighted by Gasteiger charge is -2.19. The summed E-state index contributed by atoms with van der Waals surface area (Å²) in [7, 11) is 1.85. The van der Waals surface area contributed by atoms with Crippen molar-refractivity contribution in [2.45, 2.75) is 19.9 Å². The number of benzene rings is 1. The van der Waals surface area contributed by atoms with E-state index in [1.165, 1.54) is 0 Å². The maximum Gasteiger partial charge on any atom is 0.146 e. The Balaban J connectivity index is 2.12. The van der Waals surface area contributed by atoms with Gasteiger partial charge in [0.1, 0.15) is 17.3 Å². The topological polar surface area (TPSA) is 42.4 Å². The number of anilines is 1. The van der Waals surface area contributed by atoms with Crippen molar-refractivity contribution < 1.29 is 8.81 Å². The summed E-state index contributed by atoms with van der Waals surface area (Å²) in [6, 6.07) is 9.06. The minimum Gasteiger partial charge on any atom is -0.464 e. The molecule has 1 heterocycles. The molecule has 102 valence electrons. The van der Waals surface area contributed by atoms with E-state index in [2.05, 4.69) is 0 Å². The largest absolute Gasteiger partial charge is 0.464 e. The minimum atomic E-state index is -0.225. The Kier molecular flexibility index (Phi) is 4.22. The van der Waals surface area contributed by atoms with Crippen molar-refractivity contribution in [3.8, 4) is 0 Å². The lowest BCUT2D eigenvalue weighted by Crippen LogP contribution is -2.17. The molecular formula is C15H19FN2O. The van der Waals surface area contributed by atoms with Crippen LogP contribution in [0.2, 0.25) is 0 Å². The SMILES string of the molecule is Cc1ccc(CN(C)c2ccc(CCN)cc2F)o1. The standard InChI is InChI=1S/C15H19FN2O/c1-11-3-5-13(19-11)10-18(2)15-6-4-12(7-8-17)9-14(15)16/h3-6,9H,7-8,10,17H2,1-2H3. The molecule has 1 aromatic carbocycles. The summed E-state index contributed by atoms with van der Waals surface area (Å²) in [5, 5.41) is 0. The first-order chi connectivity index (χ1) is 9.10. The van der Waals surface area contributed by atoms with E-state index in [0.29, 0.717) is 25.2 Å². The molecule has 0 amide bonds. The summed E-state index contributed by atoms with van der Waals surface area (Å²) in [5.41, 5.74) is 6.95. The van der Waals surface area contributed by atoms with Crippen molar-refractivity contribution in [3.05, 3.63) is 53.2 Å². The molecule has 2 rings (SSSR count). The molecule has 3 nitrogen and oxygen atoms in total. The fourth-order valence-corrected chi connectivity index (χ4v) is 2.07. The van der Waals surface area contributed by atoms with Crippen LogP contribution in [0.5, 0.6) is 0 Å². The molecule has 0 aliphatic rings. The van der Waals surface area contributed by atoms with Gasteiger partial charge in [-0.25, -0.2) is 4.39 Å². The van der Waals surface area contributed by atoms with Crippen molar-refractivity contribution in [1.82, 2.24) is 0 Å². The number of aryl methyl sites for hydroxylation is 1. The minimum absolute atomic E-state index is 0.225. The highest BCUT2D eigenvalue weighted by atomic mass is 19.1. The normalized spacial score (nSPS) is 10.7. The Morgan fingerprint density at radius 1 is 1.26 bits per heavy atom. The van der Waals surface area contributed by atoms with Gasteiger partial charge in [0, 0.05) is 7.05 Å². The highest BCUT2D eigenvalue weighted by Gasteiger charge is 2.10. The summed E-state index contributed by atoms with van der Waals surface area (Å²) < 4.78 is 19.5. The van der Waals surface area contributed by atoms with Gasteiger partial charge in [0.25, 0.3) is 0 Å². The third kappa shape index (κ3) is 3.35. The third-order valence-corrected chi connectivity index (χ3v) is 3.05. The van der Waals surface area contributed by atoms with E-state index in [0.717, 1.165) is 17.1 Å². The molecule has 0 aliphatic carbocycles. The van der Waals surface area contributed by atoms with Crippen molar-refractivity contribution in [2.75, 3.05) is 18.5 Å². The molecule has 0 aliphatic heterocycles. The second kappa shape index (κ2) is 5.89. The van der Waals surface area contributed by atoms with Gasteiger partial charge >= 0.3 is 0 Å². The van der Waals surface area contributed by atoms with Crippen molar-refractivity contribution >= 4 is 5.69 Å².